The number of ether oxygens (including phenoxy) is 1. The third-order valence-corrected chi connectivity index (χ3v) is 4.17. The van der Waals surface area contributed by atoms with Gasteiger partial charge in [0.25, 0.3) is 10.0 Å². The molecule has 2 rings (SSSR count). The lowest BCUT2D eigenvalue weighted by Gasteiger charge is -2.09. The molecule has 0 fully saturated rings. The highest BCUT2D eigenvalue weighted by Gasteiger charge is 2.16. The summed E-state index contributed by atoms with van der Waals surface area (Å²) < 4.78 is 33.5. The molecule has 0 aliphatic carbocycles. The van der Waals surface area contributed by atoms with Crippen molar-refractivity contribution in [1.29, 1.82) is 0 Å². The van der Waals surface area contributed by atoms with Crippen molar-refractivity contribution >= 4 is 15.7 Å². The molecule has 8 heteroatoms. The molecule has 0 saturated carbocycles. The van der Waals surface area contributed by atoms with E-state index in [1.54, 1.807) is 28.8 Å². The van der Waals surface area contributed by atoms with Gasteiger partial charge < -0.3 is 15.0 Å². The van der Waals surface area contributed by atoms with Gasteiger partial charge in [-0.05, 0) is 19.1 Å². The summed E-state index contributed by atoms with van der Waals surface area (Å²) in [5, 5.41) is 0.00331. The van der Waals surface area contributed by atoms with Gasteiger partial charge in [0, 0.05) is 19.3 Å². The number of hydrogen-bond donors (Lipinski definition) is 2. The van der Waals surface area contributed by atoms with Crippen LogP contribution in [0.4, 0.5) is 5.69 Å². The van der Waals surface area contributed by atoms with Gasteiger partial charge in [0.1, 0.15) is 12.4 Å². The van der Waals surface area contributed by atoms with Crippen molar-refractivity contribution in [1.82, 2.24) is 14.3 Å². The predicted molar refractivity (Wildman–Crippen MR) is 79.4 cm³/mol. The first-order valence-corrected chi connectivity index (χ1v) is 8.00. The summed E-state index contributed by atoms with van der Waals surface area (Å²) in [7, 11) is -3.61. The van der Waals surface area contributed by atoms with E-state index >= 15 is 0 Å². The Labute approximate surface area is 123 Å². The van der Waals surface area contributed by atoms with E-state index in [0.717, 1.165) is 0 Å². The number of para-hydroxylation sites is 2. The summed E-state index contributed by atoms with van der Waals surface area (Å²) in [6.07, 6.45) is 2.97. The highest BCUT2D eigenvalue weighted by molar-refractivity contribution is 7.89. The molecule has 0 atom stereocenters. The number of sulfonamides is 1. The van der Waals surface area contributed by atoms with Crippen LogP contribution in [0.15, 0.2) is 41.8 Å². The maximum absolute atomic E-state index is 12.0. The first-order chi connectivity index (χ1) is 10.0. The summed E-state index contributed by atoms with van der Waals surface area (Å²) in [5.41, 5.74) is 6.24. The van der Waals surface area contributed by atoms with Gasteiger partial charge in [0.05, 0.1) is 12.0 Å². The number of anilines is 1. The molecule has 1 aromatic heterocycles. The zero-order valence-corrected chi connectivity index (χ0v) is 12.5. The van der Waals surface area contributed by atoms with Crippen molar-refractivity contribution in [3.63, 3.8) is 0 Å². The topological polar surface area (TPSA) is 99.2 Å². The van der Waals surface area contributed by atoms with Crippen LogP contribution in [0.1, 0.15) is 6.92 Å². The van der Waals surface area contributed by atoms with Gasteiger partial charge in [-0.2, -0.15) is 0 Å². The van der Waals surface area contributed by atoms with Crippen LogP contribution in [0.25, 0.3) is 0 Å². The maximum Gasteiger partial charge on any atom is 0.259 e. The summed E-state index contributed by atoms with van der Waals surface area (Å²) >= 11 is 0. The minimum Gasteiger partial charge on any atom is -0.490 e. The number of benzene rings is 1. The Morgan fingerprint density at radius 3 is 2.81 bits per heavy atom. The Hall–Kier alpha value is -2.06. The van der Waals surface area contributed by atoms with Crippen molar-refractivity contribution in [2.45, 2.75) is 18.5 Å². The van der Waals surface area contributed by atoms with Crippen molar-refractivity contribution in [3.8, 4) is 5.75 Å². The molecule has 114 valence electrons. The minimum absolute atomic E-state index is 0.00331. The number of rotatable bonds is 7. The number of aryl methyl sites for hydroxylation is 1. The third-order valence-electron chi connectivity index (χ3n) is 2.82. The number of hydrogen-bond acceptors (Lipinski definition) is 5. The molecular weight excluding hydrogens is 292 g/mol. The molecule has 3 N–H and O–H groups in total. The quantitative estimate of drug-likeness (QED) is 0.583. The normalized spacial score (nSPS) is 11.5. The van der Waals surface area contributed by atoms with Crippen LogP contribution in [0.3, 0.4) is 0 Å². The Morgan fingerprint density at radius 1 is 1.38 bits per heavy atom. The molecular formula is C13H18N4O3S. The smallest absolute Gasteiger partial charge is 0.259 e. The number of imidazole rings is 1. The second-order valence-electron chi connectivity index (χ2n) is 4.33. The highest BCUT2D eigenvalue weighted by atomic mass is 32.2. The van der Waals surface area contributed by atoms with E-state index in [4.69, 9.17) is 10.5 Å². The largest absolute Gasteiger partial charge is 0.490 e. The lowest BCUT2D eigenvalue weighted by molar-refractivity contribution is 0.324. The van der Waals surface area contributed by atoms with Gasteiger partial charge in [-0.25, -0.2) is 18.1 Å². The van der Waals surface area contributed by atoms with Crippen LogP contribution in [-0.4, -0.2) is 31.1 Å². The van der Waals surface area contributed by atoms with Gasteiger partial charge in [-0.1, -0.05) is 12.1 Å². The molecule has 0 amide bonds. The van der Waals surface area contributed by atoms with E-state index in [1.165, 1.54) is 12.5 Å². The number of nitrogens with one attached hydrogen (secondary N) is 1. The van der Waals surface area contributed by atoms with Gasteiger partial charge in [0.2, 0.25) is 0 Å². The van der Waals surface area contributed by atoms with Crippen LogP contribution < -0.4 is 15.2 Å². The molecule has 1 aromatic carbocycles. The van der Waals surface area contributed by atoms with Crippen molar-refractivity contribution < 1.29 is 13.2 Å². The number of aromatic nitrogens is 2. The van der Waals surface area contributed by atoms with Gasteiger partial charge >= 0.3 is 0 Å². The average Bonchev–Trinajstić information content (AvgIpc) is 2.95. The minimum atomic E-state index is -3.61. The van der Waals surface area contributed by atoms with Gasteiger partial charge in [0.15, 0.2) is 5.03 Å². The highest BCUT2D eigenvalue weighted by Crippen LogP contribution is 2.19. The van der Waals surface area contributed by atoms with E-state index in [-0.39, 0.29) is 18.2 Å². The van der Waals surface area contributed by atoms with Crippen LogP contribution >= 0.6 is 0 Å². The van der Waals surface area contributed by atoms with E-state index in [2.05, 4.69) is 9.71 Å². The zero-order valence-electron chi connectivity index (χ0n) is 11.7. The number of nitrogens with two attached hydrogens (primary N) is 1. The molecule has 0 aliphatic rings. The molecule has 1 heterocycles. The maximum atomic E-state index is 12.0. The second-order valence-corrected chi connectivity index (χ2v) is 6.04. The predicted octanol–water partition coefficient (Wildman–Crippen LogP) is 0.842. The fourth-order valence-corrected chi connectivity index (χ4v) is 2.63. The fraction of sp³-hybridized carbons (Fsp3) is 0.308. The molecule has 0 unspecified atom stereocenters. The van der Waals surface area contributed by atoms with Gasteiger partial charge in [-0.15, -0.1) is 0 Å². The SMILES string of the molecule is CCn1cnc(S(=O)(=O)NCCOc2ccccc2N)c1. The monoisotopic (exact) mass is 310 g/mol. The van der Waals surface area contributed by atoms with Crippen LogP contribution in [-0.2, 0) is 16.6 Å². The standard InChI is InChI=1S/C13H18N4O3S/c1-2-17-9-13(15-10-17)21(18,19)16-7-8-20-12-6-4-3-5-11(12)14/h3-6,9-10,16H,2,7-8,14H2,1H3. The molecule has 0 bridgehead atoms. The summed E-state index contributed by atoms with van der Waals surface area (Å²) in [5.74, 6) is 0.534. The summed E-state index contributed by atoms with van der Waals surface area (Å²) in [6.45, 7) is 2.89. The fourth-order valence-electron chi connectivity index (χ4n) is 1.67. The molecule has 0 spiro atoms. The van der Waals surface area contributed by atoms with E-state index in [1.807, 2.05) is 6.92 Å². The van der Waals surface area contributed by atoms with Crippen molar-refractivity contribution in [3.05, 3.63) is 36.8 Å². The lowest BCUT2D eigenvalue weighted by atomic mass is 10.3. The first-order valence-electron chi connectivity index (χ1n) is 6.51. The summed E-state index contributed by atoms with van der Waals surface area (Å²) in [6, 6.07) is 7.05. The van der Waals surface area contributed by atoms with E-state index in [0.29, 0.717) is 18.0 Å². The molecule has 0 saturated heterocycles. The molecule has 21 heavy (non-hydrogen) atoms. The van der Waals surface area contributed by atoms with Crippen molar-refractivity contribution in [2.75, 3.05) is 18.9 Å². The molecule has 0 radical (unpaired) electrons. The Bertz CT molecular complexity index is 697. The molecule has 0 aliphatic heterocycles. The average molecular weight is 310 g/mol. The first kappa shape index (κ1) is 15.3. The zero-order chi connectivity index (χ0) is 15.3. The van der Waals surface area contributed by atoms with Gasteiger partial charge in [-0.3, -0.25) is 0 Å². The van der Waals surface area contributed by atoms with Crippen LogP contribution in [0.2, 0.25) is 0 Å². The lowest BCUT2D eigenvalue weighted by Crippen LogP contribution is -2.28. The number of nitrogens with zero attached hydrogens (tertiary/aromatic N) is 2. The summed E-state index contributed by atoms with van der Waals surface area (Å²) in [4.78, 5) is 3.86. The third kappa shape index (κ3) is 3.96. The molecule has 7 nitrogen and oxygen atoms in total. The molecule has 2 aromatic rings. The van der Waals surface area contributed by atoms with Crippen LogP contribution in [0, 0.1) is 0 Å². The Balaban J connectivity index is 1.86. The van der Waals surface area contributed by atoms with E-state index in [9.17, 15) is 8.42 Å². The Kier molecular flexibility index (Phi) is 4.81. The van der Waals surface area contributed by atoms with Crippen LogP contribution in [0.5, 0.6) is 5.75 Å². The Morgan fingerprint density at radius 2 is 2.14 bits per heavy atom. The van der Waals surface area contributed by atoms with Crippen molar-refractivity contribution in [2.24, 2.45) is 0 Å². The number of nitrogen functional groups attached to an aromatic ring is 1. The van der Waals surface area contributed by atoms with E-state index < -0.39 is 10.0 Å². The second kappa shape index (κ2) is 6.59.